The third-order valence-corrected chi connectivity index (χ3v) is 4.25. The highest BCUT2D eigenvalue weighted by Crippen LogP contribution is 2.21. The van der Waals surface area contributed by atoms with Gasteiger partial charge in [-0.1, -0.05) is 12.1 Å². The van der Waals surface area contributed by atoms with Crippen LogP contribution in [0.2, 0.25) is 0 Å². The first-order valence-electron chi connectivity index (χ1n) is 8.76. The fraction of sp³-hybridized carbons (Fsp3) is 0.0952. The van der Waals surface area contributed by atoms with Gasteiger partial charge >= 0.3 is 0 Å². The zero-order valence-corrected chi connectivity index (χ0v) is 16.2. The first-order chi connectivity index (χ1) is 14.5. The van der Waals surface area contributed by atoms with Gasteiger partial charge in [0, 0.05) is 5.56 Å². The number of hydrazone groups is 1. The molecule has 2 N–H and O–H groups in total. The minimum atomic E-state index is -0.692. The van der Waals surface area contributed by atoms with Crippen molar-refractivity contribution in [3.05, 3.63) is 81.3 Å². The third-order valence-electron chi connectivity index (χ3n) is 4.25. The topological polar surface area (TPSA) is 130 Å². The second-order valence-corrected chi connectivity index (χ2v) is 6.14. The molecule has 0 unspecified atom stereocenters. The van der Waals surface area contributed by atoms with Crippen LogP contribution in [0.3, 0.4) is 0 Å². The summed E-state index contributed by atoms with van der Waals surface area (Å²) in [7, 11) is 1.44. The standard InChI is InChI=1S/C21H17N5O4/c1-13-16(11-22)21(29)26(17-5-3-4-6-18(17)30-2)25-19(13)20(28)24-23-12-14-7-9-15(27)10-8-14/h3-10,12,27H,1-2H3,(H,24,28)/b23-12+. The van der Waals surface area contributed by atoms with Gasteiger partial charge < -0.3 is 9.84 Å². The van der Waals surface area contributed by atoms with Gasteiger partial charge in [0.25, 0.3) is 11.5 Å². The number of methoxy groups -OCH3 is 1. The molecule has 0 aliphatic carbocycles. The number of aromatic nitrogens is 2. The van der Waals surface area contributed by atoms with Gasteiger partial charge in [-0.15, -0.1) is 0 Å². The van der Waals surface area contributed by atoms with Crippen LogP contribution in [0, 0.1) is 18.3 Å². The van der Waals surface area contributed by atoms with Crippen LogP contribution in [0.4, 0.5) is 0 Å². The molecule has 0 atom stereocenters. The summed E-state index contributed by atoms with van der Waals surface area (Å²) in [4.78, 5) is 25.4. The minimum absolute atomic E-state index is 0.110. The number of aromatic hydroxyl groups is 1. The molecule has 1 heterocycles. The number of phenols is 1. The average molecular weight is 403 g/mol. The molecule has 0 radical (unpaired) electrons. The maximum atomic E-state index is 12.7. The van der Waals surface area contributed by atoms with E-state index in [-0.39, 0.29) is 22.6 Å². The number of rotatable bonds is 5. The molecule has 0 aliphatic heterocycles. The number of ether oxygens (including phenoxy) is 1. The van der Waals surface area contributed by atoms with Crippen molar-refractivity contribution in [3.8, 4) is 23.3 Å². The molecule has 30 heavy (non-hydrogen) atoms. The zero-order valence-electron chi connectivity index (χ0n) is 16.2. The summed E-state index contributed by atoms with van der Waals surface area (Å²) in [6.07, 6.45) is 1.38. The van der Waals surface area contributed by atoms with Gasteiger partial charge in [0.2, 0.25) is 0 Å². The predicted octanol–water partition coefficient (Wildman–Crippen LogP) is 1.89. The number of carbonyl (C=O) groups excluding carboxylic acids is 1. The van der Waals surface area contributed by atoms with Crippen molar-refractivity contribution in [2.24, 2.45) is 5.10 Å². The normalized spacial score (nSPS) is 10.6. The van der Waals surface area contributed by atoms with E-state index in [4.69, 9.17) is 4.74 Å². The van der Waals surface area contributed by atoms with E-state index in [1.165, 1.54) is 32.4 Å². The largest absolute Gasteiger partial charge is 0.508 e. The molecule has 0 saturated carbocycles. The fourth-order valence-electron chi connectivity index (χ4n) is 2.70. The number of benzene rings is 2. The highest BCUT2D eigenvalue weighted by atomic mass is 16.5. The maximum absolute atomic E-state index is 12.7. The molecule has 1 aromatic heterocycles. The van der Waals surface area contributed by atoms with E-state index in [0.717, 1.165) is 4.68 Å². The summed E-state index contributed by atoms with van der Waals surface area (Å²) in [6, 6.07) is 14.7. The Morgan fingerprint density at radius 2 is 1.97 bits per heavy atom. The van der Waals surface area contributed by atoms with Crippen LogP contribution in [0.25, 0.3) is 5.69 Å². The van der Waals surface area contributed by atoms with E-state index in [9.17, 15) is 20.0 Å². The molecular formula is C21H17N5O4. The molecule has 3 rings (SSSR count). The van der Waals surface area contributed by atoms with E-state index in [2.05, 4.69) is 15.6 Å². The Bertz CT molecular complexity index is 1220. The highest BCUT2D eigenvalue weighted by molar-refractivity contribution is 5.94. The van der Waals surface area contributed by atoms with E-state index >= 15 is 0 Å². The molecule has 2 aromatic carbocycles. The number of carbonyl (C=O) groups is 1. The summed E-state index contributed by atoms with van der Waals surface area (Å²) >= 11 is 0. The van der Waals surface area contributed by atoms with Crippen LogP contribution in [0.1, 0.15) is 27.2 Å². The lowest BCUT2D eigenvalue weighted by Gasteiger charge is -2.13. The molecule has 150 valence electrons. The second kappa shape index (κ2) is 8.70. The lowest BCUT2D eigenvalue weighted by atomic mass is 10.1. The molecule has 9 heteroatoms. The second-order valence-electron chi connectivity index (χ2n) is 6.14. The van der Waals surface area contributed by atoms with Crippen molar-refractivity contribution < 1.29 is 14.6 Å². The van der Waals surface area contributed by atoms with Crippen LogP contribution in [-0.2, 0) is 0 Å². The van der Waals surface area contributed by atoms with Gasteiger partial charge in [-0.2, -0.15) is 20.1 Å². The molecule has 3 aromatic rings. The number of nitrogens with one attached hydrogen (secondary N) is 1. The number of hydrogen-bond acceptors (Lipinski definition) is 7. The van der Waals surface area contributed by atoms with Gasteiger partial charge in [0.05, 0.1) is 13.3 Å². The monoisotopic (exact) mass is 403 g/mol. The smallest absolute Gasteiger partial charge is 0.292 e. The first-order valence-corrected chi connectivity index (χ1v) is 8.76. The Hall–Kier alpha value is -4.45. The molecule has 0 fully saturated rings. The Kier molecular flexibility index (Phi) is 5.89. The minimum Gasteiger partial charge on any atom is -0.508 e. The number of para-hydroxylation sites is 2. The summed E-state index contributed by atoms with van der Waals surface area (Å²) in [5, 5.41) is 26.8. The average Bonchev–Trinajstić information content (AvgIpc) is 2.75. The Labute approximate surface area is 171 Å². The predicted molar refractivity (Wildman–Crippen MR) is 109 cm³/mol. The highest BCUT2D eigenvalue weighted by Gasteiger charge is 2.21. The van der Waals surface area contributed by atoms with Crippen LogP contribution in [-0.4, -0.2) is 34.1 Å². The van der Waals surface area contributed by atoms with Crippen LogP contribution in [0.15, 0.2) is 58.4 Å². The van der Waals surface area contributed by atoms with Gasteiger partial charge in [-0.25, -0.2) is 5.43 Å². The Morgan fingerprint density at radius 1 is 1.27 bits per heavy atom. The van der Waals surface area contributed by atoms with Crippen LogP contribution >= 0.6 is 0 Å². The van der Waals surface area contributed by atoms with Gasteiger partial charge in [-0.3, -0.25) is 9.59 Å². The molecular weight excluding hydrogens is 386 g/mol. The van der Waals surface area contributed by atoms with Crippen molar-refractivity contribution >= 4 is 12.1 Å². The fourth-order valence-corrected chi connectivity index (χ4v) is 2.70. The molecule has 0 aliphatic rings. The Balaban J connectivity index is 2.00. The van der Waals surface area contributed by atoms with Gasteiger partial charge in [-0.05, 0) is 48.9 Å². The van der Waals surface area contributed by atoms with Crippen molar-refractivity contribution in [3.63, 3.8) is 0 Å². The van der Waals surface area contributed by atoms with Crippen molar-refractivity contribution in [1.29, 1.82) is 5.26 Å². The van der Waals surface area contributed by atoms with E-state index in [1.54, 1.807) is 36.4 Å². The Morgan fingerprint density at radius 3 is 2.63 bits per heavy atom. The first kappa shape index (κ1) is 20.3. The molecule has 0 spiro atoms. The summed E-state index contributed by atoms with van der Waals surface area (Å²) in [5.41, 5.74) is 2.42. The van der Waals surface area contributed by atoms with Crippen LogP contribution in [0.5, 0.6) is 11.5 Å². The maximum Gasteiger partial charge on any atom is 0.292 e. The number of nitriles is 1. The number of amides is 1. The van der Waals surface area contributed by atoms with Crippen molar-refractivity contribution in [1.82, 2.24) is 15.2 Å². The molecule has 1 amide bonds. The third kappa shape index (κ3) is 4.02. The number of nitrogens with zero attached hydrogens (tertiary/aromatic N) is 4. The lowest BCUT2D eigenvalue weighted by Crippen LogP contribution is -2.31. The van der Waals surface area contributed by atoms with Crippen LogP contribution < -0.4 is 15.7 Å². The van der Waals surface area contributed by atoms with E-state index in [1.807, 2.05) is 6.07 Å². The molecule has 0 saturated heterocycles. The SMILES string of the molecule is COc1ccccc1-n1nc(C(=O)N/N=C/c2ccc(O)cc2)c(C)c(C#N)c1=O. The quantitative estimate of drug-likeness (QED) is 0.494. The van der Waals surface area contributed by atoms with Gasteiger partial charge in [0.15, 0.2) is 5.69 Å². The van der Waals surface area contributed by atoms with E-state index < -0.39 is 11.5 Å². The lowest BCUT2D eigenvalue weighted by molar-refractivity contribution is 0.0947. The summed E-state index contributed by atoms with van der Waals surface area (Å²) < 4.78 is 6.22. The summed E-state index contributed by atoms with van der Waals surface area (Å²) in [5.74, 6) is -0.224. The molecule has 9 nitrogen and oxygen atoms in total. The summed E-state index contributed by atoms with van der Waals surface area (Å²) in [6.45, 7) is 1.47. The molecule has 0 bridgehead atoms. The number of phenolic OH excluding ortho intramolecular Hbond substituents is 1. The zero-order chi connectivity index (χ0) is 21.7. The number of hydrogen-bond donors (Lipinski definition) is 2. The van der Waals surface area contributed by atoms with E-state index in [0.29, 0.717) is 17.0 Å². The van der Waals surface area contributed by atoms with Crippen molar-refractivity contribution in [2.45, 2.75) is 6.92 Å². The van der Waals surface area contributed by atoms with Gasteiger partial charge in [0.1, 0.15) is 28.8 Å². The van der Waals surface area contributed by atoms with Crippen molar-refractivity contribution in [2.75, 3.05) is 7.11 Å².